The first kappa shape index (κ1) is 14.1. The van der Waals surface area contributed by atoms with E-state index >= 15 is 0 Å². The van der Waals surface area contributed by atoms with Gasteiger partial charge in [0, 0.05) is 18.9 Å². The zero-order valence-electron chi connectivity index (χ0n) is 12.5. The summed E-state index contributed by atoms with van der Waals surface area (Å²) in [5, 5.41) is 5.34. The van der Waals surface area contributed by atoms with Gasteiger partial charge < -0.3 is 10.3 Å². The molecule has 0 saturated carbocycles. The fourth-order valence-electron chi connectivity index (χ4n) is 2.35. The SMILES string of the molecule is CCNC(=O)Nc1nc2ccc(-c3ccncc3C)cc2[nH]1. The van der Waals surface area contributed by atoms with Crippen LogP contribution < -0.4 is 10.6 Å². The Labute approximate surface area is 128 Å². The number of rotatable bonds is 3. The van der Waals surface area contributed by atoms with Crippen LogP contribution in [-0.4, -0.2) is 27.5 Å². The number of urea groups is 1. The van der Waals surface area contributed by atoms with E-state index in [-0.39, 0.29) is 6.03 Å². The van der Waals surface area contributed by atoms with E-state index in [9.17, 15) is 4.79 Å². The van der Waals surface area contributed by atoms with E-state index in [0.29, 0.717) is 12.5 Å². The first-order valence-electron chi connectivity index (χ1n) is 7.13. The van der Waals surface area contributed by atoms with Crippen molar-refractivity contribution in [3.05, 3.63) is 42.2 Å². The van der Waals surface area contributed by atoms with Crippen LogP contribution in [-0.2, 0) is 0 Å². The minimum Gasteiger partial charge on any atom is -0.338 e. The van der Waals surface area contributed by atoms with Gasteiger partial charge in [-0.05, 0) is 48.7 Å². The number of H-pyrrole nitrogens is 1. The fraction of sp³-hybridized carbons (Fsp3) is 0.188. The number of amides is 2. The summed E-state index contributed by atoms with van der Waals surface area (Å²) in [7, 11) is 0. The van der Waals surface area contributed by atoms with Gasteiger partial charge >= 0.3 is 6.03 Å². The average molecular weight is 295 g/mol. The number of aromatic nitrogens is 3. The molecule has 0 bridgehead atoms. The number of aromatic amines is 1. The lowest BCUT2D eigenvalue weighted by atomic mass is 10.0. The highest BCUT2D eigenvalue weighted by Crippen LogP contribution is 2.26. The molecule has 2 heterocycles. The lowest BCUT2D eigenvalue weighted by Crippen LogP contribution is -2.28. The molecule has 112 valence electrons. The van der Waals surface area contributed by atoms with Crippen LogP contribution in [0.1, 0.15) is 12.5 Å². The molecule has 6 nitrogen and oxygen atoms in total. The van der Waals surface area contributed by atoms with Gasteiger partial charge in [-0.1, -0.05) is 6.07 Å². The smallest absolute Gasteiger partial charge is 0.321 e. The van der Waals surface area contributed by atoms with Gasteiger partial charge in [0.15, 0.2) is 0 Å². The van der Waals surface area contributed by atoms with Gasteiger partial charge in [-0.2, -0.15) is 0 Å². The maximum Gasteiger partial charge on any atom is 0.321 e. The van der Waals surface area contributed by atoms with Crippen LogP contribution in [0, 0.1) is 6.92 Å². The number of hydrogen-bond acceptors (Lipinski definition) is 3. The highest BCUT2D eigenvalue weighted by molar-refractivity contribution is 5.90. The van der Waals surface area contributed by atoms with Crippen LogP contribution in [0.2, 0.25) is 0 Å². The van der Waals surface area contributed by atoms with Crippen molar-refractivity contribution in [2.24, 2.45) is 0 Å². The number of nitrogens with one attached hydrogen (secondary N) is 3. The molecule has 0 aliphatic heterocycles. The van der Waals surface area contributed by atoms with E-state index in [4.69, 9.17) is 0 Å². The third kappa shape index (κ3) is 2.76. The summed E-state index contributed by atoms with van der Waals surface area (Å²) in [5.74, 6) is 0.435. The van der Waals surface area contributed by atoms with Gasteiger partial charge in [0.1, 0.15) is 0 Å². The first-order valence-corrected chi connectivity index (χ1v) is 7.13. The molecule has 1 aromatic carbocycles. The molecule has 3 rings (SSSR count). The van der Waals surface area contributed by atoms with Crippen LogP contribution in [0.3, 0.4) is 0 Å². The maximum atomic E-state index is 11.5. The first-order chi connectivity index (χ1) is 10.7. The number of imidazole rings is 1. The number of hydrogen-bond donors (Lipinski definition) is 3. The number of carbonyl (C=O) groups excluding carboxylic acids is 1. The predicted molar refractivity (Wildman–Crippen MR) is 86.8 cm³/mol. The molecule has 0 radical (unpaired) electrons. The molecule has 0 atom stereocenters. The van der Waals surface area contributed by atoms with Crippen molar-refractivity contribution in [3.63, 3.8) is 0 Å². The van der Waals surface area contributed by atoms with E-state index in [1.165, 1.54) is 0 Å². The summed E-state index contributed by atoms with van der Waals surface area (Å²) in [6, 6.07) is 7.69. The molecule has 0 aliphatic carbocycles. The molecule has 3 N–H and O–H groups in total. The molecule has 0 saturated heterocycles. The topological polar surface area (TPSA) is 82.7 Å². The van der Waals surface area contributed by atoms with Gasteiger partial charge in [-0.3, -0.25) is 10.3 Å². The predicted octanol–water partition coefficient (Wildman–Crippen LogP) is 3.07. The van der Waals surface area contributed by atoms with E-state index in [2.05, 4.69) is 25.6 Å². The van der Waals surface area contributed by atoms with Crippen molar-refractivity contribution in [2.75, 3.05) is 11.9 Å². The Morgan fingerprint density at radius 2 is 2.18 bits per heavy atom. The number of aryl methyl sites for hydroxylation is 1. The summed E-state index contributed by atoms with van der Waals surface area (Å²) in [4.78, 5) is 23.1. The Kier molecular flexibility index (Phi) is 3.74. The minimum absolute atomic E-state index is 0.272. The maximum absolute atomic E-state index is 11.5. The van der Waals surface area contributed by atoms with E-state index in [1.54, 1.807) is 6.20 Å². The summed E-state index contributed by atoms with van der Waals surface area (Å²) < 4.78 is 0. The van der Waals surface area contributed by atoms with Crippen molar-refractivity contribution in [3.8, 4) is 11.1 Å². The molecule has 2 amide bonds. The molecular weight excluding hydrogens is 278 g/mol. The second-order valence-electron chi connectivity index (χ2n) is 4.99. The van der Waals surface area contributed by atoms with Crippen LogP contribution in [0.15, 0.2) is 36.7 Å². The quantitative estimate of drug-likeness (QED) is 0.694. The Morgan fingerprint density at radius 1 is 1.32 bits per heavy atom. The Bertz CT molecular complexity index is 824. The third-order valence-electron chi connectivity index (χ3n) is 3.38. The molecule has 22 heavy (non-hydrogen) atoms. The number of fused-ring (bicyclic) bond motifs is 1. The number of nitrogens with zero attached hydrogens (tertiary/aromatic N) is 2. The minimum atomic E-state index is -0.272. The molecule has 2 aromatic heterocycles. The van der Waals surface area contributed by atoms with E-state index in [1.807, 2.05) is 44.3 Å². The van der Waals surface area contributed by atoms with Crippen molar-refractivity contribution in [2.45, 2.75) is 13.8 Å². The van der Waals surface area contributed by atoms with Gasteiger partial charge in [0.25, 0.3) is 0 Å². The largest absolute Gasteiger partial charge is 0.338 e. The molecule has 3 aromatic rings. The van der Waals surface area contributed by atoms with Gasteiger partial charge in [0.2, 0.25) is 5.95 Å². The lowest BCUT2D eigenvalue weighted by Gasteiger charge is -2.04. The second kappa shape index (κ2) is 5.85. The third-order valence-corrected chi connectivity index (χ3v) is 3.38. The molecule has 0 aliphatic rings. The molecule has 0 unspecified atom stereocenters. The van der Waals surface area contributed by atoms with E-state index in [0.717, 1.165) is 27.7 Å². The number of anilines is 1. The number of carbonyl (C=O) groups is 1. The summed E-state index contributed by atoms with van der Waals surface area (Å²) in [6.45, 7) is 4.46. The van der Waals surface area contributed by atoms with E-state index < -0.39 is 0 Å². The van der Waals surface area contributed by atoms with Crippen LogP contribution in [0.5, 0.6) is 0 Å². The van der Waals surface area contributed by atoms with Crippen molar-refractivity contribution < 1.29 is 4.79 Å². The Balaban J connectivity index is 1.94. The Morgan fingerprint density at radius 3 is 2.95 bits per heavy atom. The monoisotopic (exact) mass is 295 g/mol. The Hall–Kier alpha value is -2.89. The van der Waals surface area contributed by atoms with Crippen molar-refractivity contribution in [1.82, 2.24) is 20.3 Å². The van der Waals surface area contributed by atoms with Gasteiger partial charge in [-0.15, -0.1) is 0 Å². The molecule has 0 fully saturated rings. The lowest BCUT2D eigenvalue weighted by molar-refractivity contribution is 0.252. The van der Waals surface area contributed by atoms with Gasteiger partial charge in [-0.25, -0.2) is 9.78 Å². The van der Waals surface area contributed by atoms with Crippen molar-refractivity contribution in [1.29, 1.82) is 0 Å². The summed E-state index contributed by atoms with van der Waals surface area (Å²) in [5.41, 5.74) is 5.01. The number of pyridine rings is 1. The molecule has 6 heteroatoms. The van der Waals surface area contributed by atoms with Crippen LogP contribution >= 0.6 is 0 Å². The van der Waals surface area contributed by atoms with Crippen LogP contribution in [0.4, 0.5) is 10.7 Å². The molecule has 0 spiro atoms. The second-order valence-corrected chi connectivity index (χ2v) is 4.99. The summed E-state index contributed by atoms with van der Waals surface area (Å²) >= 11 is 0. The van der Waals surface area contributed by atoms with Crippen molar-refractivity contribution >= 4 is 23.0 Å². The highest BCUT2D eigenvalue weighted by Gasteiger charge is 2.08. The van der Waals surface area contributed by atoms with Crippen LogP contribution in [0.25, 0.3) is 22.2 Å². The average Bonchev–Trinajstić information content (AvgIpc) is 2.89. The number of benzene rings is 1. The standard InChI is InChI=1S/C16H17N5O/c1-3-18-16(22)21-15-19-13-5-4-11(8-14(13)20-15)12-6-7-17-9-10(12)2/h4-9H,3H2,1-2H3,(H3,18,19,20,21,22). The summed E-state index contributed by atoms with van der Waals surface area (Å²) in [6.07, 6.45) is 3.62. The zero-order chi connectivity index (χ0) is 15.5. The normalized spacial score (nSPS) is 10.6. The molecular formula is C16H17N5O. The zero-order valence-corrected chi connectivity index (χ0v) is 12.5. The highest BCUT2D eigenvalue weighted by atomic mass is 16.2. The fourth-order valence-corrected chi connectivity index (χ4v) is 2.35. The van der Waals surface area contributed by atoms with Gasteiger partial charge in [0.05, 0.1) is 11.0 Å².